The van der Waals surface area contributed by atoms with Crippen LogP contribution in [-0.4, -0.2) is 35.1 Å². The summed E-state index contributed by atoms with van der Waals surface area (Å²) in [6, 6.07) is 0. The Hall–Kier alpha value is -0.750. The SMILES string of the molecule is CCOC(=O)C1CCc2sc(NCC3CCCS3)nc21. The summed E-state index contributed by atoms with van der Waals surface area (Å²) in [5.41, 5.74) is 0.954. The van der Waals surface area contributed by atoms with E-state index in [0.29, 0.717) is 6.61 Å². The average molecular weight is 312 g/mol. The van der Waals surface area contributed by atoms with Crippen LogP contribution in [0.3, 0.4) is 0 Å². The lowest BCUT2D eigenvalue weighted by molar-refractivity contribution is -0.145. The number of esters is 1. The fourth-order valence-corrected chi connectivity index (χ4v) is 5.03. The molecule has 2 aliphatic rings. The van der Waals surface area contributed by atoms with Gasteiger partial charge in [0.25, 0.3) is 0 Å². The Morgan fingerprint density at radius 3 is 3.15 bits per heavy atom. The Balaban J connectivity index is 1.62. The fraction of sp³-hybridized carbons (Fsp3) is 0.714. The number of thioether (sulfide) groups is 1. The predicted octanol–water partition coefficient (Wildman–Crippen LogP) is 3.04. The maximum absolute atomic E-state index is 11.9. The van der Waals surface area contributed by atoms with Crippen molar-refractivity contribution >= 4 is 34.2 Å². The first-order valence-electron chi connectivity index (χ1n) is 7.29. The Morgan fingerprint density at radius 2 is 2.40 bits per heavy atom. The first-order chi connectivity index (χ1) is 9.78. The van der Waals surface area contributed by atoms with Crippen LogP contribution in [0.5, 0.6) is 0 Å². The van der Waals surface area contributed by atoms with Crippen molar-refractivity contribution in [2.75, 3.05) is 24.2 Å². The molecule has 1 saturated heterocycles. The number of aryl methyl sites for hydroxylation is 1. The molecule has 1 aliphatic heterocycles. The molecule has 2 heterocycles. The molecule has 6 heteroatoms. The number of anilines is 1. The van der Waals surface area contributed by atoms with Gasteiger partial charge in [-0.2, -0.15) is 11.8 Å². The summed E-state index contributed by atoms with van der Waals surface area (Å²) in [7, 11) is 0. The highest BCUT2D eigenvalue weighted by atomic mass is 32.2. The van der Waals surface area contributed by atoms with Gasteiger partial charge in [-0.25, -0.2) is 4.98 Å². The van der Waals surface area contributed by atoms with E-state index >= 15 is 0 Å². The maximum Gasteiger partial charge on any atom is 0.315 e. The summed E-state index contributed by atoms with van der Waals surface area (Å²) in [6.45, 7) is 3.28. The quantitative estimate of drug-likeness (QED) is 0.847. The minimum Gasteiger partial charge on any atom is -0.465 e. The number of carbonyl (C=O) groups is 1. The van der Waals surface area contributed by atoms with Crippen LogP contribution in [0.25, 0.3) is 0 Å². The van der Waals surface area contributed by atoms with E-state index in [1.54, 1.807) is 11.3 Å². The molecule has 0 bridgehead atoms. The van der Waals surface area contributed by atoms with E-state index < -0.39 is 0 Å². The maximum atomic E-state index is 11.9. The van der Waals surface area contributed by atoms with Crippen molar-refractivity contribution in [3.63, 3.8) is 0 Å². The van der Waals surface area contributed by atoms with Crippen LogP contribution in [0.15, 0.2) is 0 Å². The minimum absolute atomic E-state index is 0.116. The molecule has 2 atom stereocenters. The van der Waals surface area contributed by atoms with E-state index in [1.807, 2.05) is 18.7 Å². The number of aromatic nitrogens is 1. The lowest BCUT2D eigenvalue weighted by Gasteiger charge is -2.10. The minimum atomic E-state index is -0.141. The monoisotopic (exact) mass is 312 g/mol. The van der Waals surface area contributed by atoms with Crippen LogP contribution >= 0.6 is 23.1 Å². The number of carbonyl (C=O) groups excluding carboxylic acids is 1. The number of ether oxygens (including phenoxy) is 1. The van der Waals surface area contributed by atoms with Gasteiger partial charge < -0.3 is 10.1 Å². The van der Waals surface area contributed by atoms with Crippen LogP contribution in [-0.2, 0) is 16.0 Å². The predicted molar refractivity (Wildman–Crippen MR) is 83.8 cm³/mol. The third-order valence-corrected chi connectivity index (χ3v) is 6.28. The molecule has 3 rings (SSSR count). The topological polar surface area (TPSA) is 51.2 Å². The van der Waals surface area contributed by atoms with Gasteiger partial charge in [0, 0.05) is 16.7 Å². The lowest BCUT2D eigenvalue weighted by atomic mass is 10.1. The van der Waals surface area contributed by atoms with Gasteiger partial charge in [0.15, 0.2) is 5.13 Å². The number of hydrogen-bond acceptors (Lipinski definition) is 6. The Labute approximate surface area is 127 Å². The molecule has 1 N–H and O–H groups in total. The standard InChI is InChI=1S/C14H20N2O2S2/c1-2-18-13(17)10-5-6-11-12(10)16-14(20-11)15-8-9-4-3-7-19-9/h9-10H,2-8H2,1H3,(H,15,16). The summed E-state index contributed by atoms with van der Waals surface area (Å²) in [5, 5.41) is 5.13. The molecular weight excluding hydrogens is 292 g/mol. The molecular formula is C14H20N2O2S2. The van der Waals surface area contributed by atoms with E-state index in [2.05, 4.69) is 10.3 Å². The van der Waals surface area contributed by atoms with Crippen molar-refractivity contribution in [1.29, 1.82) is 0 Å². The van der Waals surface area contributed by atoms with Gasteiger partial charge in [0.1, 0.15) is 5.92 Å². The first-order valence-corrected chi connectivity index (χ1v) is 9.16. The third kappa shape index (κ3) is 2.96. The van der Waals surface area contributed by atoms with Crippen molar-refractivity contribution in [3.05, 3.63) is 10.6 Å². The average Bonchev–Trinajstić information content (AvgIpc) is 3.13. The number of nitrogens with one attached hydrogen (secondary N) is 1. The number of rotatable bonds is 5. The second kappa shape index (κ2) is 6.35. The molecule has 20 heavy (non-hydrogen) atoms. The number of hydrogen-bond donors (Lipinski definition) is 1. The zero-order valence-electron chi connectivity index (χ0n) is 11.7. The molecule has 0 aromatic carbocycles. The number of nitrogens with zero attached hydrogens (tertiary/aromatic N) is 1. The molecule has 1 aromatic heterocycles. The molecule has 110 valence electrons. The molecule has 0 radical (unpaired) electrons. The van der Waals surface area contributed by atoms with E-state index in [-0.39, 0.29) is 11.9 Å². The van der Waals surface area contributed by atoms with Gasteiger partial charge in [0.2, 0.25) is 0 Å². The second-order valence-electron chi connectivity index (χ2n) is 5.19. The second-order valence-corrected chi connectivity index (χ2v) is 7.68. The van der Waals surface area contributed by atoms with Crippen molar-refractivity contribution in [3.8, 4) is 0 Å². The van der Waals surface area contributed by atoms with Gasteiger partial charge in [0.05, 0.1) is 12.3 Å². The zero-order valence-corrected chi connectivity index (χ0v) is 13.3. The first kappa shape index (κ1) is 14.2. The lowest BCUT2D eigenvalue weighted by Crippen LogP contribution is -2.15. The van der Waals surface area contributed by atoms with Gasteiger partial charge >= 0.3 is 5.97 Å². The van der Waals surface area contributed by atoms with Crippen molar-refractivity contribution < 1.29 is 9.53 Å². The molecule has 1 aliphatic carbocycles. The van der Waals surface area contributed by atoms with Crippen molar-refractivity contribution in [1.82, 2.24) is 4.98 Å². The van der Waals surface area contributed by atoms with Gasteiger partial charge in [-0.3, -0.25) is 4.79 Å². The molecule has 0 saturated carbocycles. The van der Waals surface area contributed by atoms with Crippen molar-refractivity contribution in [2.24, 2.45) is 0 Å². The highest BCUT2D eigenvalue weighted by Gasteiger charge is 2.33. The largest absolute Gasteiger partial charge is 0.465 e. The molecule has 0 amide bonds. The van der Waals surface area contributed by atoms with Crippen LogP contribution < -0.4 is 5.32 Å². The molecule has 0 spiro atoms. The van der Waals surface area contributed by atoms with E-state index in [0.717, 1.165) is 35.5 Å². The third-order valence-electron chi connectivity index (χ3n) is 3.79. The Kier molecular flexibility index (Phi) is 4.51. The summed E-state index contributed by atoms with van der Waals surface area (Å²) >= 11 is 3.75. The molecule has 1 aromatic rings. The fourth-order valence-electron chi connectivity index (χ4n) is 2.78. The van der Waals surface area contributed by atoms with Crippen LogP contribution in [0.4, 0.5) is 5.13 Å². The molecule has 1 fully saturated rings. The summed E-state index contributed by atoms with van der Waals surface area (Å²) in [6.07, 6.45) is 4.44. The Morgan fingerprint density at radius 1 is 1.50 bits per heavy atom. The van der Waals surface area contributed by atoms with Crippen LogP contribution in [0, 0.1) is 0 Å². The van der Waals surface area contributed by atoms with Crippen LogP contribution in [0.2, 0.25) is 0 Å². The summed E-state index contributed by atoms with van der Waals surface area (Å²) in [5.74, 6) is 1.03. The van der Waals surface area contributed by atoms with Crippen LogP contribution in [0.1, 0.15) is 42.7 Å². The Bertz CT molecular complexity index is 484. The highest BCUT2D eigenvalue weighted by molar-refractivity contribution is 8.00. The van der Waals surface area contributed by atoms with E-state index in [4.69, 9.17) is 4.74 Å². The van der Waals surface area contributed by atoms with E-state index in [9.17, 15) is 4.79 Å². The smallest absolute Gasteiger partial charge is 0.315 e. The summed E-state index contributed by atoms with van der Waals surface area (Å²) < 4.78 is 5.14. The summed E-state index contributed by atoms with van der Waals surface area (Å²) in [4.78, 5) is 17.8. The van der Waals surface area contributed by atoms with Gasteiger partial charge in [-0.1, -0.05) is 0 Å². The number of thiazole rings is 1. The van der Waals surface area contributed by atoms with Gasteiger partial charge in [-0.05, 0) is 38.4 Å². The normalized spacial score (nSPS) is 24.6. The van der Waals surface area contributed by atoms with Gasteiger partial charge in [-0.15, -0.1) is 11.3 Å². The zero-order chi connectivity index (χ0) is 13.9. The molecule has 2 unspecified atom stereocenters. The molecule has 4 nitrogen and oxygen atoms in total. The van der Waals surface area contributed by atoms with E-state index in [1.165, 1.54) is 23.5 Å². The highest BCUT2D eigenvalue weighted by Crippen LogP contribution is 2.39. The number of fused-ring (bicyclic) bond motifs is 1. The van der Waals surface area contributed by atoms with Crippen molar-refractivity contribution in [2.45, 2.75) is 43.8 Å².